The average Bonchev–Trinajstić information content (AvgIpc) is 3.08. The van der Waals surface area contributed by atoms with Gasteiger partial charge >= 0.3 is 0 Å². The van der Waals surface area contributed by atoms with E-state index in [1.165, 1.54) is 19.3 Å². The first-order chi connectivity index (χ1) is 11.2. The molecule has 24 heavy (non-hydrogen) atoms. The SMILES string of the molecule is CN=C(NCc1nnc2n1CCCCC2)NCC1(C)CCCO1.I. The Hall–Kier alpha value is -0.900. The summed E-state index contributed by atoms with van der Waals surface area (Å²) in [6.07, 6.45) is 6.96. The molecule has 0 radical (unpaired) electrons. The van der Waals surface area contributed by atoms with Crippen LogP contribution in [0.15, 0.2) is 4.99 Å². The van der Waals surface area contributed by atoms with Gasteiger partial charge in [0, 0.05) is 33.2 Å². The fraction of sp³-hybridized carbons (Fsp3) is 0.812. The maximum atomic E-state index is 5.80. The molecule has 2 N–H and O–H groups in total. The summed E-state index contributed by atoms with van der Waals surface area (Å²) >= 11 is 0. The highest BCUT2D eigenvalue weighted by Crippen LogP contribution is 2.23. The van der Waals surface area contributed by atoms with Crippen LogP contribution in [0.5, 0.6) is 0 Å². The topological polar surface area (TPSA) is 76.4 Å². The number of fused-ring (bicyclic) bond motifs is 1. The van der Waals surface area contributed by atoms with Crippen molar-refractivity contribution < 1.29 is 4.74 Å². The van der Waals surface area contributed by atoms with Gasteiger partial charge in [-0.2, -0.15) is 0 Å². The zero-order valence-corrected chi connectivity index (χ0v) is 17.0. The molecular weight excluding hydrogens is 419 g/mol. The van der Waals surface area contributed by atoms with Crippen LogP contribution in [0.25, 0.3) is 0 Å². The van der Waals surface area contributed by atoms with Crippen LogP contribution in [0, 0.1) is 0 Å². The predicted octanol–water partition coefficient (Wildman–Crippen LogP) is 1.86. The van der Waals surface area contributed by atoms with E-state index in [0.717, 1.165) is 56.6 Å². The number of guanidine groups is 1. The highest BCUT2D eigenvalue weighted by atomic mass is 127. The molecule has 0 aliphatic carbocycles. The lowest BCUT2D eigenvalue weighted by Gasteiger charge is -2.24. The van der Waals surface area contributed by atoms with E-state index in [0.29, 0.717) is 6.54 Å². The van der Waals surface area contributed by atoms with Crippen molar-refractivity contribution in [1.82, 2.24) is 25.4 Å². The number of aromatic nitrogens is 3. The van der Waals surface area contributed by atoms with E-state index >= 15 is 0 Å². The lowest BCUT2D eigenvalue weighted by atomic mass is 10.0. The van der Waals surface area contributed by atoms with Crippen molar-refractivity contribution in [2.75, 3.05) is 20.2 Å². The average molecular weight is 448 g/mol. The highest BCUT2D eigenvalue weighted by Gasteiger charge is 2.29. The molecule has 0 aromatic carbocycles. The minimum absolute atomic E-state index is 0. The molecule has 1 aromatic rings. The molecule has 136 valence electrons. The number of aryl methyl sites for hydroxylation is 1. The van der Waals surface area contributed by atoms with Crippen LogP contribution in [-0.2, 0) is 24.2 Å². The van der Waals surface area contributed by atoms with Gasteiger partial charge in [0.15, 0.2) is 11.8 Å². The molecular formula is C16H29IN6O. The van der Waals surface area contributed by atoms with Gasteiger partial charge in [0.2, 0.25) is 0 Å². The predicted molar refractivity (Wildman–Crippen MR) is 105 cm³/mol. The molecule has 1 atom stereocenters. The summed E-state index contributed by atoms with van der Waals surface area (Å²) in [7, 11) is 1.79. The van der Waals surface area contributed by atoms with Crippen molar-refractivity contribution in [3.8, 4) is 0 Å². The fourth-order valence-electron chi connectivity index (χ4n) is 3.31. The number of rotatable bonds is 4. The van der Waals surface area contributed by atoms with E-state index in [1.807, 2.05) is 0 Å². The third kappa shape index (κ3) is 4.81. The molecule has 0 amide bonds. The molecule has 1 unspecified atom stereocenters. The van der Waals surface area contributed by atoms with Gasteiger partial charge in [-0.15, -0.1) is 34.2 Å². The largest absolute Gasteiger partial charge is 0.373 e. The molecule has 1 aromatic heterocycles. The summed E-state index contributed by atoms with van der Waals surface area (Å²) in [5.74, 6) is 2.90. The van der Waals surface area contributed by atoms with Crippen molar-refractivity contribution in [3.63, 3.8) is 0 Å². The van der Waals surface area contributed by atoms with Crippen LogP contribution in [0.1, 0.15) is 50.7 Å². The Balaban J connectivity index is 0.00000208. The molecule has 0 spiro atoms. The Kier molecular flexibility index (Phi) is 7.27. The van der Waals surface area contributed by atoms with Crippen LogP contribution in [0.3, 0.4) is 0 Å². The van der Waals surface area contributed by atoms with Crippen molar-refractivity contribution in [3.05, 3.63) is 11.6 Å². The number of hydrogen-bond acceptors (Lipinski definition) is 4. The molecule has 3 rings (SSSR count). The van der Waals surface area contributed by atoms with Crippen LogP contribution in [-0.4, -0.2) is 46.5 Å². The molecule has 1 saturated heterocycles. The Morgan fingerprint density at radius 3 is 2.88 bits per heavy atom. The van der Waals surface area contributed by atoms with Gasteiger partial charge in [-0.3, -0.25) is 4.99 Å². The molecule has 2 aliphatic heterocycles. The number of halogens is 1. The van der Waals surface area contributed by atoms with Gasteiger partial charge in [0.05, 0.1) is 12.1 Å². The van der Waals surface area contributed by atoms with Gasteiger partial charge in [0.1, 0.15) is 5.82 Å². The molecule has 3 heterocycles. The van der Waals surface area contributed by atoms with E-state index in [1.54, 1.807) is 7.05 Å². The molecule has 1 fully saturated rings. The molecule has 0 saturated carbocycles. The monoisotopic (exact) mass is 448 g/mol. The van der Waals surface area contributed by atoms with Crippen molar-refractivity contribution in [1.29, 1.82) is 0 Å². The van der Waals surface area contributed by atoms with Crippen LogP contribution < -0.4 is 10.6 Å². The van der Waals surface area contributed by atoms with Crippen molar-refractivity contribution in [2.24, 2.45) is 4.99 Å². The van der Waals surface area contributed by atoms with Crippen molar-refractivity contribution >= 4 is 29.9 Å². The quantitative estimate of drug-likeness (QED) is 0.418. The minimum Gasteiger partial charge on any atom is -0.373 e. The van der Waals surface area contributed by atoms with Gasteiger partial charge < -0.3 is 19.9 Å². The molecule has 2 aliphatic rings. The van der Waals surface area contributed by atoms with Gasteiger partial charge in [0.25, 0.3) is 0 Å². The highest BCUT2D eigenvalue weighted by molar-refractivity contribution is 14.0. The first-order valence-corrected chi connectivity index (χ1v) is 8.70. The van der Waals surface area contributed by atoms with E-state index < -0.39 is 0 Å². The van der Waals surface area contributed by atoms with Gasteiger partial charge in [-0.25, -0.2) is 0 Å². The van der Waals surface area contributed by atoms with Gasteiger partial charge in [-0.1, -0.05) is 6.42 Å². The summed E-state index contributed by atoms with van der Waals surface area (Å²) in [5.41, 5.74) is -0.0798. The van der Waals surface area contributed by atoms with Crippen LogP contribution >= 0.6 is 24.0 Å². The van der Waals surface area contributed by atoms with Crippen LogP contribution in [0.2, 0.25) is 0 Å². The Labute approximate surface area is 161 Å². The summed E-state index contributed by atoms with van der Waals surface area (Å²) in [6, 6.07) is 0. The third-order valence-electron chi connectivity index (χ3n) is 4.75. The lowest BCUT2D eigenvalue weighted by molar-refractivity contribution is 0.0243. The minimum atomic E-state index is -0.0798. The second-order valence-corrected chi connectivity index (χ2v) is 6.68. The van der Waals surface area contributed by atoms with E-state index in [2.05, 4.69) is 37.3 Å². The fourth-order valence-corrected chi connectivity index (χ4v) is 3.31. The Morgan fingerprint density at radius 2 is 2.12 bits per heavy atom. The lowest BCUT2D eigenvalue weighted by Crippen LogP contribution is -2.45. The zero-order valence-electron chi connectivity index (χ0n) is 14.7. The molecule has 8 heteroatoms. The normalized spacial score (nSPS) is 24.0. The van der Waals surface area contributed by atoms with Crippen molar-refractivity contribution in [2.45, 2.75) is 64.1 Å². The van der Waals surface area contributed by atoms with E-state index in [-0.39, 0.29) is 29.6 Å². The molecule has 7 nitrogen and oxygen atoms in total. The zero-order chi connectivity index (χ0) is 16.1. The maximum absolute atomic E-state index is 5.80. The Morgan fingerprint density at radius 1 is 1.25 bits per heavy atom. The van der Waals surface area contributed by atoms with E-state index in [9.17, 15) is 0 Å². The first-order valence-electron chi connectivity index (χ1n) is 8.70. The summed E-state index contributed by atoms with van der Waals surface area (Å²) < 4.78 is 8.06. The number of aliphatic imine (C=N–C) groups is 1. The molecule has 0 bridgehead atoms. The second kappa shape index (κ2) is 8.98. The smallest absolute Gasteiger partial charge is 0.191 e. The Bertz CT molecular complexity index is 553. The van der Waals surface area contributed by atoms with Crippen LogP contribution in [0.4, 0.5) is 0 Å². The number of ether oxygens (including phenoxy) is 1. The summed E-state index contributed by atoms with van der Waals surface area (Å²) in [6.45, 7) is 5.45. The standard InChI is InChI=1S/C16H28N6O.HI/c1-16(8-6-10-23-16)12-19-15(17-2)18-11-14-21-20-13-7-4-3-5-9-22(13)14;/h3-12H2,1-2H3,(H2,17,18,19);1H. The number of nitrogens with one attached hydrogen (secondary N) is 2. The second-order valence-electron chi connectivity index (χ2n) is 6.68. The summed E-state index contributed by atoms with van der Waals surface area (Å²) in [4.78, 5) is 4.29. The number of nitrogens with zero attached hydrogens (tertiary/aromatic N) is 4. The van der Waals surface area contributed by atoms with Gasteiger partial charge in [-0.05, 0) is 32.6 Å². The number of hydrogen-bond donors (Lipinski definition) is 2. The summed E-state index contributed by atoms with van der Waals surface area (Å²) in [5, 5.41) is 15.4. The van der Waals surface area contributed by atoms with E-state index in [4.69, 9.17) is 4.74 Å². The third-order valence-corrected chi connectivity index (χ3v) is 4.75. The maximum Gasteiger partial charge on any atom is 0.191 e. The first kappa shape index (κ1) is 19.4.